The summed E-state index contributed by atoms with van der Waals surface area (Å²) in [6, 6.07) is 9.05. The van der Waals surface area contributed by atoms with Crippen LogP contribution in [0, 0.1) is 13.5 Å². The third-order valence-corrected chi connectivity index (χ3v) is 4.19. The Morgan fingerprint density at radius 3 is 2.58 bits per heavy atom. The van der Waals surface area contributed by atoms with Crippen molar-refractivity contribution < 1.29 is 13.2 Å². The summed E-state index contributed by atoms with van der Waals surface area (Å²) in [6.07, 6.45) is -4.41. The number of hydrogen-bond donors (Lipinski definition) is 1. The molecule has 0 atom stereocenters. The van der Waals surface area contributed by atoms with E-state index in [1.165, 1.54) is 13.0 Å². The van der Waals surface area contributed by atoms with Gasteiger partial charge in [0.05, 0.1) is 12.1 Å². The lowest BCUT2D eigenvalue weighted by Gasteiger charge is -2.13. The Morgan fingerprint density at radius 1 is 1.12 bits per heavy atom. The molecule has 0 saturated heterocycles. The number of aromatic nitrogens is 2. The van der Waals surface area contributed by atoms with Crippen molar-refractivity contribution in [1.82, 2.24) is 10.2 Å². The van der Waals surface area contributed by atoms with E-state index in [-0.39, 0.29) is 17.3 Å². The van der Waals surface area contributed by atoms with E-state index in [1.54, 1.807) is 24.3 Å². The van der Waals surface area contributed by atoms with Crippen molar-refractivity contribution in [3.63, 3.8) is 0 Å². The summed E-state index contributed by atoms with van der Waals surface area (Å²) in [6.45, 7) is 8.65. The minimum atomic E-state index is -4.41. The molecule has 4 nitrogen and oxygen atoms in total. The fourth-order valence-corrected chi connectivity index (χ4v) is 2.78. The normalized spacial score (nSPS) is 11.4. The van der Waals surface area contributed by atoms with Crippen molar-refractivity contribution >= 4 is 33.9 Å². The molecule has 0 amide bonds. The van der Waals surface area contributed by atoms with Crippen LogP contribution in [0.15, 0.2) is 36.4 Å². The third kappa shape index (κ3) is 3.55. The summed E-state index contributed by atoms with van der Waals surface area (Å²) in [5.41, 5.74) is 0.354. The smallest absolute Gasteiger partial charge is 0.364 e. The standard InChI is InChI=1S/C18H12ClF3N4/c1-10-3-4-11(7-15(10)18(20,21)22)9-24-17-14-8-12(23-2)5-6-13(14)16(19)25-26-17/h3-8H,9H2,1H3,(H,24,26). The second-order valence-corrected chi connectivity index (χ2v) is 6.04. The molecule has 0 aliphatic carbocycles. The quantitative estimate of drug-likeness (QED) is 0.590. The molecule has 132 valence electrons. The molecule has 0 bridgehead atoms. The first-order valence-corrected chi connectivity index (χ1v) is 7.91. The zero-order chi connectivity index (χ0) is 18.9. The van der Waals surface area contributed by atoms with Gasteiger partial charge in [-0.2, -0.15) is 13.2 Å². The van der Waals surface area contributed by atoms with E-state index < -0.39 is 11.7 Å². The minimum Gasteiger partial charge on any atom is -0.364 e. The van der Waals surface area contributed by atoms with Gasteiger partial charge in [-0.15, -0.1) is 10.2 Å². The third-order valence-electron chi connectivity index (χ3n) is 3.91. The summed E-state index contributed by atoms with van der Waals surface area (Å²) < 4.78 is 39.1. The van der Waals surface area contributed by atoms with Crippen LogP contribution < -0.4 is 5.32 Å². The van der Waals surface area contributed by atoms with Gasteiger partial charge in [-0.05, 0) is 30.2 Å². The van der Waals surface area contributed by atoms with Crippen molar-refractivity contribution in [3.05, 3.63) is 69.7 Å². The molecule has 0 spiro atoms. The van der Waals surface area contributed by atoms with Gasteiger partial charge in [0.15, 0.2) is 16.7 Å². The van der Waals surface area contributed by atoms with E-state index in [1.807, 2.05) is 0 Å². The number of fused-ring (bicyclic) bond motifs is 1. The van der Waals surface area contributed by atoms with Crippen LogP contribution in [0.2, 0.25) is 5.15 Å². The van der Waals surface area contributed by atoms with Crippen LogP contribution >= 0.6 is 11.6 Å². The van der Waals surface area contributed by atoms with Crippen molar-refractivity contribution in [1.29, 1.82) is 0 Å². The molecule has 0 radical (unpaired) electrons. The number of alkyl halides is 3. The van der Waals surface area contributed by atoms with E-state index in [4.69, 9.17) is 18.2 Å². The highest BCUT2D eigenvalue weighted by atomic mass is 35.5. The minimum absolute atomic E-state index is 0.122. The van der Waals surface area contributed by atoms with Crippen molar-refractivity contribution in [3.8, 4) is 0 Å². The van der Waals surface area contributed by atoms with Crippen LogP contribution in [0.5, 0.6) is 0 Å². The topological polar surface area (TPSA) is 42.2 Å². The molecular weight excluding hydrogens is 365 g/mol. The van der Waals surface area contributed by atoms with Crippen LogP contribution in [0.25, 0.3) is 15.6 Å². The van der Waals surface area contributed by atoms with Crippen molar-refractivity contribution in [2.45, 2.75) is 19.6 Å². The zero-order valence-electron chi connectivity index (χ0n) is 13.5. The predicted molar refractivity (Wildman–Crippen MR) is 94.3 cm³/mol. The highest BCUT2D eigenvalue weighted by molar-refractivity contribution is 6.34. The molecule has 3 rings (SSSR count). The van der Waals surface area contributed by atoms with Crippen molar-refractivity contribution in [2.75, 3.05) is 5.32 Å². The summed E-state index contributed by atoms with van der Waals surface area (Å²) in [4.78, 5) is 3.36. The van der Waals surface area contributed by atoms with Gasteiger partial charge in [-0.25, -0.2) is 4.85 Å². The molecular formula is C18H12ClF3N4. The molecule has 1 aromatic heterocycles. The molecule has 0 fully saturated rings. The molecule has 3 aromatic rings. The van der Waals surface area contributed by atoms with E-state index >= 15 is 0 Å². The highest BCUT2D eigenvalue weighted by Crippen LogP contribution is 2.33. The van der Waals surface area contributed by atoms with Gasteiger partial charge in [0.2, 0.25) is 0 Å². The molecule has 26 heavy (non-hydrogen) atoms. The van der Waals surface area contributed by atoms with E-state index in [9.17, 15) is 13.2 Å². The largest absolute Gasteiger partial charge is 0.416 e. The monoisotopic (exact) mass is 376 g/mol. The summed E-state index contributed by atoms with van der Waals surface area (Å²) in [5.74, 6) is 0.351. The van der Waals surface area contributed by atoms with Crippen LogP contribution in [0.1, 0.15) is 16.7 Å². The Hall–Kier alpha value is -2.85. The first-order chi connectivity index (χ1) is 12.3. The van der Waals surface area contributed by atoms with Crippen molar-refractivity contribution in [2.24, 2.45) is 0 Å². The van der Waals surface area contributed by atoms with Gasteiger partial charge in [0.25, 0.3) is 0 Å². The first-order valence-electron chi connectivity index (χ1n) is 7.53. The average molecular weight is 377 g/mol. The maximum atomic E-state index is 13.0. The second-order valence-electron chi connectivity index (χ2n) is 5.68. The van der Waals surface area contributed by atoms with Gasteiger partial charge in [-0.1, -0.05) is 35.9 Å². The summed E-state index contributed by atoms with van der Waals surface area (Å²) in [7, 11) is 0. The predicted octanol–water partition coefficient (Wildman–Crippen LogP) is 5.77. The molecule has 8 heteroatoms. The SMILES string of the molecule is [C-]#[N+]c1ccc2c(Cl)nnc(NCc3ccc(C)c(C(F)(F)F)c3)c2c1. The van der Waals surface area contributed by atoms with Gasteiger partial charge >= 0.3 is 6.18 Å². The summed E-state index contributed by atoms with van der Waals surface area (Å²) in [5, 5.41) is 12.2. The molecule has 0 unspecified atom stereocenters. The Balaban J connectivity index is 1.94. The van der Waals surface area contributed by atoms with E-state index in [0.29, 0.717) is 27.8 Å². The number of benzene rings is 2. The summed E-state index contributed by atoms with van der Waals surface area (Å²) >= 11 is 6.03. The lowest BCUT2D eigenvalue weighted by atomic mass is 10.0. The Labute approximate surface area is 152 Å². The molecule has 0 aliphatic heterocycles. The number of halogens is 4. The van der Waals surface area contributed by atoms with Crippen LogP contribution in [0.3, 0.4) is 0 Å². The lowest BCUT2D eigenvalue weighted by Crippen LogP contribution is -2.10. The maximum absolute atomic E-state index is 13.0. The Morgan fingerprint density at radius 2 is 1.88 bits per heavy atom. The highest BCUT2D eigenvalue weighted by Gasteiger charge is 2.32. The molecule has 2 aromatic carbocycles. The Bertz CT molecular complexity index is 1030. The number of anilines is 1. The van der Waals surface area contributed by atoms with Gasteiger partial charge in [-0.3, -0.25) is 0 Å². The van der Waals surface area contributed by atoms with Gasteiger partial charge < -0.3 is 5.32 Å². The molecule has 0 saturated carbocycles. The fourth-order valence-electron chi connectivity index (χ4n) is 2.58. The lowest BCUT2D eigenvalue weighted by molar-refractivity contribution is -0.138. The number of aryl methyl sites for hydroxylation is 1. The molecule has 1 heterocycles. The van der Waals surface area contributed by atoms with Crippen LogP contribution in [-0.2, 0) is 12.7 Å². The number of nitrogens with zero attached hydrogens (tertiary/aromatic N) is 3. The maximum Gasteiger partial charge on any atom is 0.416 e. The van der Waals surface area contributed by atoms with E-state index in [2.05, 4.69) is 20.4 Å². The molecule has 0 aliphatic rings. The average Bonchev–Trinajstić information content (AvgIpc) is 2.61. The Kier molecular flexibility index (Phi) is 4.70. The number of hydrogen-bond acceptors (Lipinski definition) is 3. The van der Waals surface area contributed by atoms with E-state index in [0.717, 1.165) is 6.07 Å². The zero-order valence-corrected chi connectivity index (χ0v) is 14.3. The fraction of sp³-hybridized carbons (Fsp3) is 0.167. The van der Waals surface area contributed by atoms with Gasteiger partial charge in [0.1, 0.15) is 0 Å². The van der Waals surface area contributed by atoms with Crippen LogP contribution in [0.4, 0.5) is 24.7 Å². The van der Waals surface area contributed by atoms with Crippen LogP contribution in [-0.4, -0.2) is 10.2 Å². The first kappa shape index (κ1) is 18.0. The van der Waals surface area contributed by atoms with Gasteiger partial charge in [0, 0.05) is 17.3 Å². The number of rotatable bonds is 3. The molecule has 1 N–H and O–H groups in total. The second kappa shape index (κ2) is 6.81. The number of nitrogens with one attached hydrogen (secondary N) is 1.